The quantitative estimate of drug-likeness (QED) is 0.380. The Morgan fingerprint density at radius 1 is 1.03 bits per heavy atom. The number of halogens is 2. The van der Waals surface area contributed by atoms with E-state index in [4.69, 9.17) is 32.7 Å². The van der Waals surface area contributed by atoms with Crippen LogP contribution in [0.15, 0.2) is 70.6 Å². The molecule has 1 N–H and O–H groups in total. The lowest BCUT2D eigenvalue weighted by molar-refractivity contribution is -0.115. The van der Waals surface area contributed by atoms with Crippen molar-refractivity contribution in [3.8, 4) is 11.5 Å². The molecule has 4 rings (SSSR count). The largest absolute Gasteiger partial charge is 0.494 e. The van der Waals surface area contributed by atoms with Crippen molar-refractivity contribution in [2.45, 2.75) is 13.5 Å². The number of methoxy groups -OCH3 is 1. The van der Waals surface area contributed by atoms with Gasteiger partial charge >= 0.3 is 0 Å². The van der Waals surface area contributed by atoms with E-state index in [0.717, 1.165) is 11.1 Å². The smallest absolute Gasteiger partial charge is 0.264 e. The van der Waals surface area contributed by atoms with Crippen LogP contribution in [0.3, 0.4) is 0 Å². The summed E-state index contributed by atoms with van der Waals surface area (Å²) >= 11 is 13.5. The zero-order valence-electron chi connectivity index (χ0n) is 17.9. The minimum Gasteiger partial charge on any atom is -0.494 e. The predicted octanol–water partition coefficient (Wildman–Crippen LogP) is 6.78. The van der Waals surface area contributed by atoms with Crippen LogP contribution in [0.2, 0.25) is 10.0 Å². The molecule has 8 heteroatoms. The Balaban J connectivity index is 1.58. The van der Waals surface area contributed by atoms with E-state index >= 15 is 0 Å². The Hall–Kier alpha value is -2.93. The average molecular weight is 499 g/mol. The molecule has 168 valence electrons. The zero-order valence-corrected chi connectivity index (χ0v) is 20.2. The molecule has 1 aliphatic rings. The first-order chi connectivity index (χ1) is 15.9. The summed E-state index contributed by atoms with van der Waals surface area (Å²) in [7, 11) is 1.59. The number of amides is 1. The van der Waals surface area contributed by atoms with Crippen molar-refractivity contribution < 1.29 is 14.3 Å². The molecule has 1 amide bonds. The zero-order chi connectivity index (χ0) is 23.4. The van der Waals surface area contributed by atoms with Crippen molar-refractivity contribution in [2.24, 2.45) is 4.99 Å². The van der Waals surface area contributed by atoms with Crippen LogP contribution in [-0.2, 0) is 11.4 Å². The van der Waals surface area contributed by atoms with Crippen LogP contribution in [0.1, 0.15) is 16.7 Å². The summed E-state index contributed by atoms with van der Waals surface area (Å²) in [4.78, 5) is 17.7. The molecule has 1 heterocycles. The third-order valence-corrected chi connectivity index (χ3v) is 6.13. The highest BCUT2D eigenvalue weighted by Gasteiger charge is 2.25. The summed E-state index contributed by atoms with van der Waals surface area (Å²) in [6.45, 7) is 2.30. The molecular formula is C25H20Cl2N2O3S. The van der Waals surface area contributed by atoms with E-state index in [1.54, 1.807) is 31.4 Å². The minimum atomic E-state index is -0.244. The van der Waals surface area contributed by atoms with Gasteiger partial charge in [-0.2, -0.15) is 0 Å². The van der Waals surface area contributed by atoms with Crippen LogP contribution < -0.4 is 14.8 Å². The molecule has 0 atom stereocenters. The molecule has 3 aromatic carbocycles. The molecule has 1 fully saturated rings. The molecule has 1 aliphatic heterocycles. The topological polar surface area (TPSA) is 59.9 Å². The fourth-order valence-electron chi connectivity index (χ4n) is 3.17. The first-order valence-electron chi connectivity index (χ1n) is 10.0. The van der Waals surface area contributed by atoms with Crippen LogP contribution in [0.4, 0.5) is 5.69 Å². The molecule has 0 saturated carbocycles. The lowest BCUT2D eigenvalue weighted by Crippen LogP contribution is -2.19. The number of ether oxygens (including phenoxy) is 2. The summed E-state index contributed by atoms with van der Waals surface area (Å²) in [6.07, 6.45) is 1.75. The van der Waals surface area contributed by atoms with Gasteiger partial charge in [0.2, 0.25) is 0 Å². The molecular weight excluding hydrogens is 479 g/mol. The van der Waals surface area contributed by atoms with Crippen molar-refractivity contribution in [1.82, 2.24) is 5.32 Å². The number of nitrogens with zero attached hydrogens (tertiary/aromatic N) is 1. The second kappa shape index (κ2) is 10.3. The van der Waals surface area contributed by atoms with Crippen molar-refractivity contribution in [1.29, 1.82) is 0 Å². The summed E-state index contributed by atoms with van der Waals surface area (Å²) in [5.74, 6) is 0.990. The summed E-state index contributed by atoms with van der Waals surface area (Å²) in [5, 5.41) is 4.46. The second-order valence-corrected chi connectivity index (χ2v) is 9.16. The molecule has 0 bridgehead atoms. The molecule has 5 nitrogen and oxygen atoms in total. The third-order valence-electron chi connectivity index (χ3n) is 4.75. The SMILES string of the molecule is COc1ccc(C)cc1N=C1NC(=O)/C(=C/c2cc(Cl)ccc2OCc2cccc(Cl)c2)S1. The minimum absolute atomic E-state index is 0.244. The molecule has 0 radical (unpaired) electrons. The normalized spacial score (nSPS) is 15.7. The molecule has 1 saturated heterocycles. The van der Waals surface area contributed by atoms with E-state index in [9.17, 15) is 4.79 Å². The number of aryl methyl sites for hydroxylation is 1. The molecule has 3 aromatic rings. The van der Waals surface area contributed by atoms with E-state index in [1.807, 2.05) is 49.4 Å². The Bertz CT molecular complexity index is 1270. The van der Waals surface area contributed by atoms with Gasteiger partial charge in [-0.05, 0) is 78.4 Å². The summed E-state index contributed by atoms with van der Waals surface area (Å²) in [5.41, 5.74) is 3.32. The van der Waals surface area contributed by atoms with Crippen molar-refractivity contribution in [3.05, 3.63) is 92.3 Å². The highest BCUT2D eigenvalue weighted by molar-refractivity contribution is 8.18. The lowest BCUT2D eigenvalue weighted by Gasteiger charge is -2.10. The monoisotopic (exact) mass is 498 g/mol. The number of amidine groups is 1. The molecule has 0 spiro atoms. The van der Waals surface area contributed by atoms with Crippen LogP contribution in [0.5, 0.6) is 11.5 Å². The number of carbonyl (C=O) groups excluding carboxylic acids is 1. The third kappa shape index (κ3) is 5.90. The lowest BCUT2D eigenvalue weighted by atomic mass is 10.1. The Morgan fingerprint density at radius 3 is 2.61 bits per heavy atom. The maximum Gasteiger partial charge on any atom is 0.264 e. The number of hydrogen-bond donors (Lipinski definition) is 1. The van der Waals surface area contributed by atoms with Gasteiger partial charge in [0.25, 0.3) is 5.91 Å². The van der Waals surface area contributed by atoms with Crippen LogP contribution >= 0.6 is 35.0 Å². The number of thioether (sulfide) groups is 1. The number of nitrogens with one attached hydrogen (secondary N) is 1. The van der Waals surface area contributed by atoms with Crippen molar-refractivity contribution in [3.63, 3.8) is 0 Å². The standard InChI is InChI=1S/C25H20Cl2N2O3S/c1-15-6-8-22(31-2)20(10-15)28-25-29-24(30)23(33-25)13-17-12-19(27)7-9-21(17)32-14-16-4-3-5-18(26)11-16/h3-13H,14H2,1-2H3,(H,28,29,30)/b23-13-. The molecule has 0 aromatic heterocycles. The maximum absolute atomic E-state index is 12.6. The van der Waals surface area contributed by atoms with Crippen LogP contribution in [-0.4, -0.2) is 18.2 Å². The Labute approximate surface area is 206 Å². The van der Waals surface area contributed by atoms with E-state index in [2.05, 4.69) is 10.3 Å². The first-order valence-corrected chi connectivity index (χ1v) is 11.6. The van der Waals surface area contributed by atoms with Crippen molar-refractivity contribution in [2.75, 3.05) is 7.11 Å². The highest BCUT2D eigenvalue weighted by atomic mass is 35.5. The Kier molecular flexibility index (Phi) is 7.28. The first kappa shape index (κ1) is 23.2. The number of carbonyl (C=O) groups is 1. The van der Waals surface area contributed by atoms with Gasteiger partial charge in [-0.1, -0.05) is 41.4 Å². The molecule has 0 unspecified atom stereocenters. The van der Waals surface area contributed by atoms with E-state index in [-0.39, 0.29) is 5.91 Å². The molecule has 0 aliphatic carbocycles. The van der Waals surface area contributed by atoms with Gasteiger partial charge in [0.05, 0.1) is 12.0 Å². The van der Waals surface area contributed by atoms with E-state index in [0.29, 0.717) is 49.5 Å². The number of aliphatic imine (C=N–C) groups is 1. The highest BCUT2D eigenvalue weighted by Crippen LogP contribution is 2.34. The van der Waals surface area contributed by atoms with Gasteiger partial charge in [-0.15, -0.1) is 0 Å². The second-order valence-electron chi connectivity index (χ2n) is 7.26. The Morgan fingerprint density at radius 2 is 1.82 bits per heavy atom. The average Bonchev–Trinajstić information content (AvgIpc) is 3.12. The van der Waals surface area contributed by atoms with Gasteiger partial charge < -0.3 is 14.8 Å². The summed E-state index contributed by atoms with van der Waals surface area (Å²) in [6, 6.07) is 18.4. The summed E-state index contributed by atoms with van der Waals surface area (Å²) < 4.78 is 11.4. The number of rotatable bonds is 6. The van der Waals surface area contributed by atoms with Gasteiger partial charge in [0.15, 0.2) is 5.17 Å². The van der Waals surface area contributed by atoms with E-state index in [1.165, 1.54) is 11.8 Å². The van der Waals surface area contributed by atoms with Gasteiger partial charge in [0.1, 0.15) is 23.8 Å². The number of hydrogen-bond acceptors (Lipinski definition) is 5. The van der Waals surface area contributed by atoms with Gasteiger partial charge in [-0.25, -0.2) is 4.99 Å². The fraction of sp³-hybridized carbons (Fsp3) is 0.120. The van der Waals surface area contributed by atoms with E-state index < -0.39 is 0 Å². The van der Waals surface area contributed by atoms with Gasteiger partial charge in [-0.3, -0.25) is 4.79 Å². The van der Waals surface area contributed by atoms with Crippen molar-refractivity contribution >= 4 is 57.8 Å². The van der Waals surface area contributed by atoms with Crippen LogP contribution in [0, 0.1) is 6.92 Å². The van der Waals surface area contributed by atoms with Gasteiger partial charge in [0, 0.05) is 15.6 Å². The fourth-order valence-corrected chi connectivity index (χ4v) is 4.39. The molecule has 33 heavy (non-hydrogen) atoms. The predicted molar refractivity (Wildman–Crippen MR) is 136 cm³/mol. The maximum atomic E-state index is 12.6. The van der Waals surface area contributed by atoms with Crippen LogP contribution in [0.25, 0.3) is 6.08 Å². The number of benzene rings is 3.